The minimum absolute atomic E-state index is 0.0115. The predicted octanol–water partition coefficient (Wildman–Crippen LogP) is 1.67. The molecule has 0 aliphatic carbocycles. The number of aromatic nitrogens is 4. The van der Waals surface area contributed by atoms with E-state index in [0.717, 1.165) is 24.0 Å². The fourth-order valence-electron chi connectivity index (χ4n) is 1.17. The molecule has 9 heteroatoms. The van der Waals surface area contributed by atoms with E-state index in [-0.39, 0.29) is 5.75 Å². The lowest BCUT2D eigenvalue weighted by atomic mass is 10.6. The summed E-state index contributed by atoms with van der Waals surface area (Å²) in [6.45, 7) is 2.81. The Bertz CT molecular complexity index is 539. The van der Waals surface area contributed by atoms with E-state index >= 15 is 0 Å². The van der Waals surface area contributed by atoms with Crippen LogP contribution in [0.3, 0.4) is 0 Å². The van der Waals surface area contributed by atoms with Crippen LogP contribution in [0.2, 0.25) is 0 Å². The van der Waals surface area contributed by atoms with Gasteiger partial charge in [0.2, 0.25) is 5.13 Å². The molecule has 0 saturated heterocycles. The van der Waals surface area contributed by atoms with Gasteiger partial charge < -0.3 is 10.4 Å². The first-order valence-electron chi connectivity index (χ1n) is 5.15. The molecule has 0 aliphatic rings. The first-order chi connectivity index (χ1) is 8.67. The fourth-order valence-corrected chi connectivity index (χ4v) is 2.66. The Hall–Kier alpha value is -1.61. The number of hydrogen-bond acceptors (Lipinski definition) is 7. The second kappa shape index (κ2) is 5.83. The van der Waals surface area contributed by atoms with Crippen molar-refractivity contribution >= 4 is 39.9 Å². The lowest BCUT2D eigenvalue weighted by Gasteiger charge is -1.95. The maximum Gasteiger partial charge on any atom is 0.313 e. The van der Waals surface area contributed by atoms with Crippen molar-refractivity contribution in [2.75, 3.05) is 11.1 Å². The highest BCUT2D eigenvalue weighted by Crippen LogP contribution is 2.27. The number of anilines is 2. The highest BCUT2D eigenvalue weighted by Gasteiger charge is 2.07. The van der Waals surface area contributed by atoms with Crippen molar-refractivity contribution in [1.82, 2.24) is 20.0 Å². The van der Waals surface area contributed by atoms with Crippen LogP contribution in [0, 0.1) is 0 Å². The van der Waals surface area contributed by atoms with Gasteiger partial charge in [0.05, 0.1) is 17.6 Å². The zero-order chi connectivity index (χ0) is 13.0. The molecule has 0 bridgehead atoms. The normalized spacial score (nSPS) is 10.5. The maximum absolute atomic E-state index is 10.4. The molecule has 0 aromatic carbocycles. The molecule has 2 heterocycles. The van der Waals surface area contributed by atoms with Crippen molar-refractivity contribution in [3.63, 3.8) is 0 Å². The van der Waals surface area contributed by atoms with Crippen LogP contribution in [-0.4, -0.2) is 36.8 Å². The average Bonchev–Trinajstić information content (AvgIpc) is 2.96. The molecule has 0 unspecified atom stereocenters. The van der Waals surface area contributed by atoms with Gasteiger partial charge in [-0.15, -0.1) is 10.2 Å². The van der Waals surface area contributed by atoms with Gasteiger partial charge in [0.15, 0.2) is 4.34 Å². The van der Waals surface area contributed by atoms with Gasteiger partial charge in [0.25, 0.3) is 0 Å². The summed E-state index contributed by atoms with van der Waals surface area (Å²) < 4.78 is 2.42. The molecule has 0 saturated carbocycles. The zero-order valence-corrected chi connectivity index (χ0v) is 11.2. The van der Waals surface area contributed by atoms with Crippen LogP contribution in [0.1, 0.15) is 6.92 Å². The highest BCUT2D eigenvalue weighted by molar-refractivity contribution is 8.01. The summed E-state index contributed by atoms with van der Waals surface area (Å²) >= 11 is 2.47. The Kier molecular flexibility index (Phi) is 4.15. The van der Waals surface area contributed by atoms with Crippen molar-refractivity contribution < 1.29 is 9.90 Å². The van der Waals surface area contributed by atoms with E-state index in [1.165, 1.54) is 11.3 Å². The van der Waals surface area contributed by atoms with Gasteiger partial charge in [-0.25, -0.2) is 0 Å². The molecule has 0 atom stereocenters. The number of thioether (sulfide) groups is 1. The molecule has 2 N–H and O–H groups in total. The van der Waals surface area contributed by atoms with Crippen LogP contribution in [0.25, 0.3) is 0 Å². The topological polar surface area (TPSA) is 92.9 Å². The molecular formula is C9H11N5O2S2. The quantitative estimate of drug-likeness (QED) is 0.780. The Balaban J connectivity index is 1.95. The average molecular weight is 285 g/mol. The minimum Gasteiger partial charge on any atom is -0.481 e. The minimum atomic E-state index is -0.867. The zero-order valence-electron chi connectivity index (χ0n) is 9.53. The lowest BCUT2D eigenvalue weighted by molar-refractivity contribution is -0.133. The summed E-state index contributed by atoms with van der Waals surface area (Å²) in [4.78, 5) is 10.4. The van der Waals surface area contributed by atoms with Crippen molar-refractivity contribution in [3.05, 3.63) is 12.4 Å². The summed E-state index contributed by atoms with van der Waals surface area (Å²) in [5.41, 5.74) is 0.836. The summed E-state index contributed by atoms with van der Waals surface area (Å²) in [6, 6.07) is 0. The molecule has 0 radical (unpaired) electrons. The molecule has 0 fully saturated rings. The number of carbonyl (C=O) groups is 1. The molecule has 2 aromatic rings. The monoisotopic (exact) mass is 285 g/mol. The molecule has 0 aliphatic heterocycles. The predicted molar refractivity (Wildman–Crippen MR) is 69.5 cm³/mol. The first kappa shape index (κ1) is 12.8. The molecule has 96 valence electrons. The van der Waals surface area contributed by atoms with E-state index in [0.29, 0.717) is 9.47 Å². The fraction of sp³-hybridized carbons (Fsp3) is 0.333. The second-order valence-electron chi connectivity index (χ2n) is 3.27. The summed E-state index contributed by atoms with van der Waals surface area (Å²) in [6.07, 6.45) is 3.57. The maximum atomic E-state index is 10.4. The number of aliphatic carboxylic acids is 1. The van der Waals surface area contributed by atoms with Crippen molar-refractivity contribution in [1.29, 1.82) is 0 Å². The molecule has 2 rings (SSSR count). The number of aryl methyl sites for hydroxylation is 1. The number of carboxylic acid groups (broad SMARTS) is 1. The van der Waals surface area contributed by atoms with E-state index in [2.05, 4.69) is 20.6 Å². The van der Waals surface area contributed by atoms with Crippen LogP contribution in [0.5, 0.6) is 0 Å². The van der Waals surface area contributed by atoms with Crippen molar-refractivity contribution in [2.24, 2.45) is 0 Å². The standard InChI is InChI=1S/C9H11N5O2S2/c1-2-14-4-6(3-10-14)11-8-12-13-9(18-8)17-5-7(15)16/h3-4H,2,5H2,1H3,(H,11,12)(H,15,16). The number of nitrogens with zero attached hydrogens (tertiary/aromatic N) is 4. The Labute approximate surface area is 111 Å². The molecule has 0 spiro atoms. The summed E-state index contributed by atoms with van der Waals surface area (Å²) in [5, 5.41) is 24.2. The first-order valence-corrected chi connectivity index (χ1v) is 6.95. The van der Waals surface area contributed by atoms with Gasteiger partial charge in [-0.3, -0.25) is 9.48 Å². The molecule has 18 heavy (non-hydrogen) atoms. The largest absolute Gasteiger partial charge is 0.481 e. The van der Waals surface area contributed by atoms with E-state index < -0.39 is 5.97 Å². The second-order valence-corrected chi connectivity index (χ2v) is 5.47. The Morgan fingerprint density at radius 3 is 3.11 bits per heavy atom. The summed E-state index contributed by atoms with van der Waals surface area (Å²) in [5.74, 6) is -0.878. The van der Waals surface area contributed by atoms with E-state index in [9.17, 15) is 4.79 Å². The van der Waals surface area contributed by atoms with Gasteiger partial charge in [-0.05, 0) is 6.92 Å². The van der Waals surface area contributed by atoms with Crippen LogP contribution >= 0.6 is 23.1 Å². The highest BCUT2D eigenvalue weighted by atomic mass is 32.2. The number of nitrogens with one attached hydrogen (secondary N) is 1. The van der Waals surface area contributed by atoms with E-state index in [1.807, 2.05) is 13.1 Å². The molecule has 7 nitrogen and oxygen atoms in total. The Morgan fingerprint density at radius 1 is 1.61 bits per heavy atom. The van der Waals surface area contributed by atoms with Crippen LogP contribution in [-0.2, 0) is 11.3 Å². The van der Waals surface area contributed by atoms with E-state index in [4.69, 9.17) is 5.11 Å². The number of rotatable bonds is 6. The SMILES string of the molecule is CCn1cc(Nc2nnc(SCC(=O)O)s2)cn1. The van der Waals surface area contributed by atoms with Gasteiger partial charge in [-0.1, -0.05) is 23.1 Å². The smallest absolute Gasteiger partial charge is 0.313 e. The van der Waals surface area contributed by atoms with Crippen LogP contribution < -0.4 is 5.32 Å². The third-order valence-corrected chi connectivity index (χ3v) is 3.89. The summed E-state index contributed by atoms with van der Waals surface area (Å²) in [7, 11) is 0. The Morgan fingerprint density at radius 2 is 2.44 bits per heavy atom. The van der Waals surface area contributed by atoms with Gasteiger partial charge in [0, 0.05) is 12.7 Å². The third-order valence-electron chi connectivity index (χ3n) is 1.93. The van der Waals surface area contributed by atoms with E-state index in [1.54, 1.807) is 10.9 Å². The molecular weight excluding hydrogens is 274 g/mol. The van der Waals surface area contributed by atoms with Gasteiger partial charge in [-0.2, -0.15) is 5.10 Å². The van der Waals surface area contributed by atoms with Crippen LogP contribution in [0.15, 0.2) is 16.7 Å². The lowest BCUT2D eigenvalue weighted by Crippen LogP contribution is -1.96. The van der Waals surface area contributed by atoms with Gasteiger partial charge >= 0.3 is 5.97 Å². The molecule has 2 aromatic heterocycles. The van der Waals surface area contributed by atoms with Crippen LogP contribution in [0.4, 0.5) is 10.8 Å². The van der Waals surface area contributed by atoms with Gasteiger partial charge in [0.1, 0.15) is 0 Å². The van der Waals surface area contributed by atoms with Crippen molar-refractivity contribution in [3.8, 4) is 0 Å². The number of hydrogen-bond donors (Lipinski definition) is 2. The third kappa shape index (κ3) is 3.44. The molecule has 0 amide bonds. The van der Waals surface area contributed by atoms with Crippen molar-refractivity contribution in [2.45, 2.75) is 17.8 Å². The number of carboxylic acids is 1.